The third-order valence-electron chi connectivity index (χ3n) is 4.95. The van der Waals surface area contributed by atoms with Gasteiger partial charge in [0, 0.05) is 12.1 Å². The van der Waals surface area contributed by atoms with Crippen molar-refractivity contribution in [2.75, 3.05) is 20.1 Å². The van der Waals surface area contributed by atoms with Crippen LogP contribution in [0.2, 0.25) is 0 Å². The van der Waals surface area contributed by atoms with Crippen LogP contribution in [0, 0.1) is 5.92 Å². The van der Waals surface area contributed by atoms with Gasteiger partial charge < -0.3 is 21.3 Å². The number of carbonyl (C=O) groups excluding carboxylic acids is 1. The average Bonchev–Trinajstić information content (AvgIpc) is 2.51. The fraction of sp³-hybridized carbons (Fsp3) is 0.941. The predicted molar refractivity (Wildman–Crippen MR) is 97.6 cm³/mol. The van der Waals surface area contributed by atoms with E-state index in [2.05, 4.69) is 45.7 Å². The molecule has 2 amide bonds. The quantitative estimate of drug-likeness (QED) is 0.383. The summed E-state index contributed by atoms with van der Waals surface area (Å²) in [6, 6.07) is 0.584. The molecule has 0 spiro atoms. The Kier molecular flexibility index (Phi) is 8.24. The van der Waals surface area contributed by atoms with Crippen molar-refractivity contribution in [3.8, 4) is 0 Å². The highest BCUT2D eigenvalue weighted by Gasteiger charge is 2.27. The maximum absolute atomic E-state index is 12.3. The van der Waals surface area contributed by atoms with Crippen molar-refractivity contribution in [2.45, 2.75) is 76.9 Å². The molecule has 0 radical (unpaired) electrons. The van der Waals surface area contributed by atoms with Crippen molar-refractivity contribution in [3.05, 3.63) is 0 Å². The molecule has 6 N–H and O–H groups in total. The van der Waals surface area contributed by atoms with Gasteiger partial charge in [0.05, 0.1) is 6.17 Å². The van der Waals surface area contributed by atoms with Crippen LogP contribution in [0.15, 0.2) is 0 Å². The van der Waals surface area contributed by atoms with Crippen LogP contribution < -0.4 is 31.9 Å². The molecule has 140 valence electrons. The first-order valence-electron chi connectivity index (χ1n) is 9.54. The Labute approximate surface area is 146 Å². The Morgan fingerprint density at radius 2 is 1.92 bits per heavy atom. The summed E-state index contributed by atoms with van der Waals surface area (Å²) in [7, 11) is 1.97. The molecule has 2 rings (SSSR count). The minimum Gasteiger partial charge on any atom is -0.335 e. The number of hydrogen-bond donors (Lipinski definition) is 6. The minimum absolute atomic E-state index is 0.0814. The molecule has 5 unspecified atom stereocenters. The van der Waals surface area contributed by atoms with Gasteiger partial charge in [-0.05, 0) is 58.7 Å². The van der Waals surface area contributed by atoms with Crippen LogP contribution in [0.3, 0.4) is 0 Å². The number of amides is 2. The maximum Gasteiger partial charge on any atom is 0.317 e. The largest absolute Gasteiger partial charge is 0.335 e. The van der Waals surface area contributed by atoms with E-state index in [1.807, 2.05) is 7.05 Å². The summed E-state index contributed by atoms with van der Waals surface area (Å²) in [6.07, 6.45) is 6.79. The van der Waals surface area contributed by atoms with Crippen LogP contribution in [0.1, 0.15) is 52.4 Å². The normalized spacial score (nSPS) is 33.9. The van der Waals surface area contributed by atoms with Crippen LogP contribution in [-0.4, -0.2) is 50.7 Å². The van der Waals surface area contributed by atoms with Crippen molar-refractivity contribution >= 4 is 6.03 Å². The third kappa shape index (κ3) is 6.93. The summed E-state index contributed by atoms with van der Waals surface area (Å²) in [5.41, 5.74) is 0. The van der Waals surface area contributed by atoms with Crippen LogP contribution in [0.5, 0.6) is 0 Å². The Balaban J connectivity index is 1.70. The van der Waals surface area contributed by atoms with Gasteiger partial charge in [0.1, 0.15) is 6.29 Å². The van der Waals surface area contributed by atoms with Crippen LogP contribution in [-0.2, 0) is 0 Å². The molecule has 2 aliphatic rings. The lowest BCUT2D eigenvalue weighted by Crippen LogP contribution is -2.68. The molecular formula is C17H36N6O. The average molecular weight is 341 g/mol. The lowest BCUT2D eigenvalue weighted by molar-refractivity contribution is 0.183. The first-order chi connectivity index (χ1) is 11.6. The molecule has 5 atom stereocenters. The van der Waals surface area contributed by atoms with Gasteiger partial charge in [-0.25, -0.2) is 4.79 Å². The van der Waals surface area contributed by atoms with E-state index in [1.165, 1.54) is 12.8 Å². The van der Waals surface area contributed by atoms with Crippen molar-refractivity contribution in [2.24, 2.45) is 5.92 Å². The molecule has 7 nitrogen and oxygen atoms in total. The highest BCUT2D eigenvalue weighted by atomic mass is 16.2. The van der Waals surface area contributed by atoms with Gasteiger partial charge in [0.2, 0.25) is 0 Å². The summed E-state index contributed by atoms with van der Waals surface area (Å²) < 4.78 is 0. The van der Waals surface area contributed by atoms with Crippen molar-refractivity contribution < 1.29 is 4.79 Å². The van der Waals surface area contributed by atoms with Gasteiger partial charge in [0.25, 0.3) is 0 Å². The fourth-order valence-corrected chi connectivity index (χ4v) is 3.71. The summed E-state index contributed by atoms with van der Waals surface area (Å²) in [5, 5.41) is 19.6. The molecule has 1 aliphatic heterocycles. The zero-order chi connectivity index (χ0) is 17.4. The predicted octanol–water partition coefficient (Wildman–Crippen LogP) is 0.645. The smallest absolute Gasteiger partial charge is 0.317 e. The zero-order valence-electron chi connectivity index (χ0n) is 15.5. The molecule has 24 heavy (non-hydrogen) atoms. The van der Waals surface area contributed by atoms with Crippen molar-refractivity contribution in [1.82, 2.24) is 31.9 Å². The van der Waals surface area contributed by atoms with Crippen molar-refractivity contribution in [1.29, 1.82) is 0 Å². The minimum atomic E-state index is -0.198. The topological polar surface area (TPSA) is 89.2 Å². The number of hydrogen-bond acceptors (Lipinski definition) is 5. The van der Waals surface area contributed by atoms with E-state index in [0.29, 0.717) is 18.0 Å². The second-order valence-electron chi connectivity index (χ2n) is 7.45. The Morgan fingerprint density at radius 1 is 1.08 bits per heavy atom. The van der Waals surface area contributed by atoms with E-state index in [1.54, 1.807) is 0 Å². The van der Waals surface area contributed by atoms with Crippen molar-refractivity contribution in [3.63, 3.8) is 0 Å². The molecule has 1 aliphatic carbocycles. The Bertz CT molecular complexity index is 380. The molecule has 0 aromatic rings. The number of urea groups is 1. The first-order valence-corrected chi connectivity index (χ1v) is 9.54. The van der Waals surface area contributed by atoms with Gasteiger partial charge in [0.15, 0.2) is 0 Å². The highest BCUT2D eigenvalue weighted by molar-refractivity contribution is 5.74. The standard InChI is InChI=1S/C17H36N6O/c1-12-6-4-7-14(10-12)21-17(24)23-16-20-13(2)11-15(22-16)19-9-5-8-18-3/h12-16,18-20,22H,4-11H2,1-3H3,(H2,21,23,24). The van der Waals surface area contributed by atoms with Gasteiger partial charge >= 0.3 is 6.03 Å². The Morgan fingerprint density at radius 3 is 2.67 bits per heavy atom. The lowest BCUT2D eigenvalue weighted by atomic mass is 9.87. The van der Waals surface area contributed by atoms with Gasteiger partial charge in [-0.15, -0.1) is 0 Å². The van der Waals surface area contributed by atoms with E-state index in [4.69, 9.17) is 0 Å². The van der Waals surface area contributed by atoms with E-state index in [9.17, 15) is 4.79 Å². The highest BCUT2D eigenvalue weighted by Crippen LogP contribution is 2.23. The van der Waals surface area contributed by atoms with Crippen LogP contribution >= 0.6 is 0 Å². The maximum atomic E-state index is 12.3. The molecule has 0 aromatic heterocycles. The van der Waals surface area contributed by atoms with E-state index >= 15 is 0 Å². The second kappa shape index (κ2) is 10.2. The molecule has 0 bridgehead atoms. The van der Waals surface area contributed by atoms with E-state index in [-0.39, 0.29) is 18.5 Å². The molecule has 7 heteroatoms. The molecule has 0 aromatic carbocycles. The number of nitrogens with one attached hydrogen (secondary N) is 6. The monoisotopic (exact) mass is 340 g/mol. The van der Waals surface area contributed by atoms with Crippen LogP contribution in [0.25, 0.3) is 0 Å². The first kappa shape index (κ1) is 19.4. The summed E-state index contributed by atoms with van der Waals surface area (Å²) in [6.45, 7) is 6.39. The molecule has 1 saturated carbocycles. The zero-order valence-corrected chi connectivity index (χ0v) is 15.5. The van der Waals surface area contributed by atoms with Gasteiger partial charge in [-0.3, -0.25) is 10.6 Å². The third-order valence-corrected chi connectivity index (χ3v) is 4.95. The van der Waals surface area contributed by atoms with Gasteiger partial charge in [-0.1, -0.05) is 19.8 Å². The van der Waals surface area contributed by atoms with E-state index < -0.39 is 0 Å². The Hall–Kier alpha value is -0.890. The SMILES string of the molecule is CNCCCNC1CC(C)NC(NC(=O)NC2CCCC(C)C2)N1. The molecule has 2 fully saturated rings. The number of rotatable bonds is 7. The van der Waals surface area contributed by atoms with Crippen LogP contribution in [0.4, 0.5) is 4.79 Å². The molecule has 1 heterocycles. The summed E-state index contributed by atoms with van der Waals surface area (Å²) >= 11 is 0. The van der Waals surface area contributed by atoms with Gasteiger partial charge in [-0.2, -0.15) is 0 Å². The lowest BCUT2D eigenvalue weighted by Gasteiger charge is -2.37. The molecular weight excluding hydrogens is 304 g/mol. The van der Waals surface area contributed by atoms with E-state index in [0.717, 1.165) is 38.8 Å². The summed E-state index contributed by atoms with van der Waals surface area (Å²) in [5.74, 6) is 0.709. The second-order valence-corrected chi connectivity index (χ2v) is 7.45. The fourth-order valence-electron chi connectivity index (χ4n) is 3.71. The number of carbonyl (C=O) groups is 1. The summed E-state index contributed by atoms with van der Waals surface area (Å²) in [4.78, 5) is 12.3. The molecule has 1 saturated heterocycles.